The number of rotatable bonds is 6. The molecule has 2 aliphatic rings. The number of anilines is 1. The Morgan fingerprint density at radius 1 is 1.25 bits per heavy atom. The number of nitriles is 1. The number of amides is 2. The van der Waals surface area contributed by atoms with E-state index in [9.17, 15) is 14.0 Å². The summed E-state index contributed by atoms with van der Waals surface area (Å²) in [5.41, 5.74) is 6.33. The maximum absolute atomic E-state index is 12.9. The average Bonchev–Trinajstić information content (AvgIpc) is 3.53. The number of H-pyrrole nitrogens is 1. The van der Waals surface area contributed by atoms with Gasteiger partial charge in [-0.15, -0.1) is 0 Å². The summed E-state index contributed by atoms with van der Waals surface area (Å²) < 4.78 is 12.9. The number of nitrogens with zero attached hydrogens (tertiary/aromatic N) is 2. The predicted molar refractivity (Wildman–Crippen MR) is 120 cm³/mol. The first-order valence-electron chi connectivity index (χ1n) is 10.9. The molecular formula is C23H31FN6O2. The van der Waals surface area contributed by atoms with Gasteiger partial charge >= 0.3 is 0 Å². The Morgan fingerprint density at radius 3 is 2.53 bits per heavy atom. The van der Waals surface area contributed by atoms with Crippen LogP contribution in [-0.4, -0.2) is 28.1 Å². The number of benzene rings is 1. The van der Waals surface area contributed by atoms with Gasteiger partial charge in [-0.3, -0.25) is 14.7 Å². The number of hydrogen-bond acceptors (Lipinski definition) is 5. The Kier molecular flexibility index (Phi) is 10.3. The highest BCUT2D eigenvalue weighted by atomic mass is 19.1. The number of carbonyl (C=O) groups excluding carboxylic acids is 2. The molecule has 2 fully saturated rings. The Morgan fingerprint density at radius 2 is 1.94 bits per heavy atom. The van der Waals surface area contributed by atoms with Crippen molar-refractivity contribution in [3.8, 4) is 6.07 Å². The third-order valence-electron chi connectivity index (χ3n) is 5.19. The standard InChI is InChI=1S/C13H18FN.C8H10N4O2.C2H3N/c14-12-6-4-5-11(9-12)10-15-13-7-2-1-3-8-13;9-6(13)5-3-10-12-7(5)11-8(14)4-1-2-4;1-2-3/h4-6,9,13,15H,1-3,7-8,10H2;3-4H,1-2H2,(H2,9,13)(H2,10,11,12,14);1H3. The van der Waals surface area contributed by atoms with Crippen LogP contribution in [0.5, 0.6) is 0 Å². The summed E-state index contributed by atoms with van der Waals surface area (Å²) in [6, 6.07) is 9.23. The highest BCUT2D eigenvalue weighted by molar-refractivity contribution is 6.02. The second-order valence-electron chi connectivity index (χ2n) is 7.86. The van der Waals surface area contributed by atoms with Crippen LogP contribution in [0, 0.1) is 23.1 Å². The zero-order chi connectivity index (χ0) is 23.3. The molecule has 0 spiro atoms. The molecule has 0 aliphatic heterocycles. The SMILES string of the molecule is CC#N.Fc1cccc(CNC2CCCCC2)c1.NC(=O)c1cn[nH]c1NC(=O)C1CC1. The second kappa shape index (κ2) is 13.2. The lowest BCUT2D eigenvalue weighted by Crippen LogP contribution is -2.30. The number of nitrogens with two attached hydrogens (primary N) is 1. The molecule has 9 heteroatoms. The fourth-order valence-electron chi connectivity index (χ4n) is 3.35. The summed E-state index contributed by atoms with van der Waals surface area (Å²) >= 11 is 0. The molecule has 0 radical (unpaired) electrons. The van der Waals surface area contributed by atoms with Crippen LogP contribution in [-0.2, 0) is 11.3 Å². The first-order chi connectivity index (χ1) is 15.4. The fourth-order valence-corrected chi connectivity index (χ4v) is 3.35. The first kappa shape index (κ1) is 25.0. The van der Waals surface area contributed by atoms with E-state index in [-0.39, 0.29) is 29.0 Å². The van der Waals surface area contributed by atoms with Gasteiger partial charge in [-0.1, -0.05) is 31.4 Å². The quantitative estimate of drug-likeness (QED) is 0.541. The van der Waals surface area contributed by atoms with Gasteiger partial charge in [-0.05, 0) is 43.4 Å². The molecule has 4 rings (SSSR count). The summed E-state index contributed by atoms with van der Waals surface area (Å²) in [6.45, 7) is 2.22. The third-order valence-corrected chi connectivity index (χ3v) is 5.19. The van der Waals surface area contributed by atoms with Crippen molar-refractivity contribution in [2.24, 2.45) is 11.7 Å². The minimum Gasteiger partial charge on any atom is -0.365 e. The number of hydrogen-bond donors (Lipinski definition) is 4. The Labute approximate surface area is 187 Å². The molecule has 0 atom stereocenters. The molecule has 2 saturated carbocycles. The van der Waals surface area contributed by atoms with Crippen LogP contribution in [0.15, 0.2) is 30.5 Å². The predicted octanol–water partition coefficient (Wildman–Crippen LogP) is 3.63. The maximum atomic E-state index is 12.9. The Hall–Kier alpha value is -3.25. The molecule has 172 valence electrons. The van der Waals surface area contributed by atoms with Crippen molar-refractivity contribution in [2.45, 2.75) is 64.5 Å². The molecule has 2 aliphatic carbocycles. The molecule has 0 saturated heterocycles. The molecule has 0 bridgehead atoms. The van der Waals surface area contributed by atoms with E-state index in [1.165, 1.54) is 51.3 Å². The summed E-state index contributed by atoms with van der Waals surface area (Å²) in [5.74, 6) is -0.465. The highest BCUT2D eigenvalue weighted by Crippen LogP contribution is 2.30. The molecule has 1 aromatic carbocycles. The fraction of sp³-hybridized carbons (Fsp3) is 0.478. The molecule has 0 unspecified atom stereocenters. The van der Waals surface area contributed by atoms with E-state index < -0.39 is 5.91 Å². The zero-order valence-corrected chi connectivity index (χ0v) is 18.4. The Bertz CT molecular complexity index is 913. The number of aromatic amines is 1. The second-order valence-corrected chi connectivity index (χ2v) is 7.86. The van der Waals surface area contributed by atoms with Gasteiger partial charge in [-0.25, -0.2) is 4.39 Å². The van der Waals surface area contributed by atoms with Crippen LogP contribution in [0.2, 0.25) is 0 Å². The smallest absolute Gasteiger partial charge is 0.254 e. The number of nitrogens with one attached hydrogen (secondary N) is 3. The van der Waals surface area contributed by atoms with Crippen LogP contribution >= 0.6 is 0 Å². The number of carbonyl (C=O) groups is 2. The largest absolute Gasteiger partial charge is 0.365 e. The average molecular weight is 443 g/mol. The van der Waals surface area contributed by atoms with Gasteiger partial charge in [0.05, 0.1) is 12.3 Å². The Balaban J connectivity index is 0.000000203. The van der Waals surface area contributed by atoms with Gasteiger partial charge in [-0.2, -0.15) is 10.4 Å². The van der Waals surface area contributed by atoms with Crippen LogP contribution in [0.1, 0.15) is 67.8 Å². The van der Waals surface area contributed by atoms with E-state index in [0.717, 1.165) is 24.9 Å². The van der Waals surface area contributed by atoms with Crippen molar-refractivity contribution in [3.05, 3.63) is 47.4 Å². The van der Waals surface area contributed by atoms with E-state index in [2.05, 4.69) is 20.8 Å². The lowest BCUT2D eigenvalue weighted by atomic mass is 9.95. The molecule has 5 N–H and O–H groups in total. The van der Waals surface area contributed by atoms with Crippen molar-refractivity contribution < 1.29 is 14.0 Å². The number of aromatic nitrogens is 2. The van der Waals surface area contributed by atoms with Gasteiger partial charge < -0.3 is 16.4 Å². The van der Waals surface area contributed by atoms with Crippen molar-refractivity contribution >= 4 is 17.6 Å². The van der Waals surface area contributed by atoms with Gasteiger partial charge in [0.1, 0.15) is 17.2 Å². The normalized spacial score (nSPS) is 15.3. The van der Waals surface area contributed by atoms with Crippen molar-refractivity contribution in [1.82, 2.24) is 15.5 Å². The number of halogens is 1. The maximum Gasteiger partial charge on any atom is 0.254 e. The molecule has 32 heavy (non-hydrogen) atoms. The van der Waals surface area contributed by atoms with E-state index in [1.54, 1.807) is 18.2 Å². The van der Waals surface area contributed by atoms with Crippen LogP contribution in [0.4, 0.5) is 10.2 Å². The monoisotopic (exact) mass is 442 g/mol. The molecule has 2 aromatic rings. The van der Waals surface area contributed by atoms with Gasteiger partial charge in [0.15, 0.2) is 0 Å². The van der Waals surface area contributed by atoms with Crippen LogP contribution in [0.3, 0.4) is 0 Å². The molecule has 8 nitrogen and oxygen atoms in total. The van der Waals surface area contributed by atoms with Gasteiger partial charge in [0, 0.05) is 25.4 Å². The van der Waals surface area contributed by atoms with Gasteiger partial charge in [0.25, 0.3) is 5.91 Å². The summed E-state index contributed by atoms with van der Waals surface area (Å²) in [5, 5.41) is 19.5. The van der Waals surface area contributed by atoms with Crippen LogP contribution in [0.25, 0.3) is 0 Å². The molecule has 2 amide bonds. The van der Waals surface area contributed by atoms with E-state index >= 15 is 0 Å². The van der Waals surface area contributed by atoms with E-state index in [1.807, 2.05) is 6.07 Å². The third kappa shape index (κ3) is 8.86. The number of primary amides is 1. The topological polar surface area (TPSA) is 137 Å². The molecular weight excluding hydrogens is 411 g/mol. The lowest BCUT2D eigenvalue weighted by molar-refractivity contribution is -0.117. The van der Waals surface area contributed by atoms with E-state index in [4.69, 9.17) is 11.0 Å². The minimum atomic E-state index is -0.607. The van der Waals surface area contributed by atoms with Crippen molar-refractivity contribution in [2.75, 3.05) is 5.32 Å². The molecule has 1 heterocycles. The summed E-state index contributed by atoms with van der Waals surface area (Å²) in [4.78, 5) is 22.2. The summed E-state index contributed by atoms with van der Waals surface area (Å²) in [7, 11) is 0. The first-order valence-corrected chi connectivity index (χ1v) is 10.9. The lowest BCUT2D eigenvalue weighted by Gasteiger charge is -2.22. The minimum absolute atomic E-state index is 0.0824. The molecule has 1 aromatic heterocycles. The van der Waals surface area contributed by atoms with E-state index in [0.29, 0.717) is 6.04 Å². The highest BCUT2D eigenvalue weighted by Gasteiger charge is 2.30. The van der Waals surface area contributed by atoms with Gasteiger partial charge in [0.2, 0.25) is 5.91 Å². The van der Waals surface area contributed by atoms with Crippen molar-refractivity contribution in [1.29, 1.82) is 5.26 Å². The zero-order valence-electron chi connectivity index (χ0n) is 18.4. The van der Waals surface area contributed by atoms with Crippen molar-refractivity contribution in [3.63, 3.8) is 0 Å². The summed E-state index contributed by atoms with van der Waals surface area (Å²) in [6.07, 6.45) is 9.70. The van der Waals surface area contributed by atoms with Crippen LogP contribution < -0.4 is 16.4 Å².